The molecule has 0 aliphatic carbocycles. The van der Waals surface area contributed by atoms with Gasteiger partial charge in [-0.3, -0.25) is 0 Å². The highest BCUT2D eigenvalue weighted by atomic mass is 32.2. The minimum atomic E-state index is -3.62. The van der Waals surface area contributed by atoms with E-state index >= 15 is 0 Å². The lowest BCUT2D eigenvalue weighted by Gasteiger charge is -2.16. The molecule has 0 bridgehead atoms. The van der Waals surface area contributed by atoms with Crippen LogP contribution in [0, 0.1) is 0 Å². The predicted octanol–water partition coefficient (Wildman–Crippen LogP) is 1.58. The van der Waals surface area contributed by atoms with Crippen molar-refractivity contribution in [2.45, 2.75) is 22.9 Å². The molecule has 0 amide bonds. The maximum atomic E-state index is 12.6. The van der Waals surface area contributed by atoms with Crippen molar-refractivity contribution in [3.63, 3.8) is 0 Å². The Bertz CT molecular complexity index is 712. The van der Waals surface area contributed by atoms with E-state index in [2.05, 4.69) is 4.98 Å². The highest BCUT2D eigenvalue weighted by Crippen LogP contribution is 2.29. The van der Waals surface area contributed by atoms with Crippen molar-refractivity contribution in [1.29, 1.82) is 0 Å². The third kappa shape index (κ3) is 3.70. The van der Waals surface area contributed by atoms with Gasteiger partial charge in [0.05, 0.1) is 11.9 Å². The molecule has 2 N–H and O–H groups in total. The fourth-order valence-electron chi connectivity index (χ4n) is 1.88. The summed E-state index contributed by atoms with van der Waals surface area (Å²) in [6, 6.07) is 9.58. The van der Waals surface area contributed by atoms with Crippen LogP contribution in [0.5, 0.6) is 0 Å². The van der Waals surface area contributed by atoms with E-state index in [0.29, 0.717) is 30.2 Å². The van der Waals surface area contributed by atoms with Crippen LogP contribution in [0.3, 0.4) is 0 Å². The first-order valence-corrected chi connectivity index (χ1v) is 9.10. The van der Waals surface area contributed by atoms with E-state index in [4.69, 9.17) is 5.73 Å². The van der Waals surface area contributed by atoms with Gasteiger partial charge in [-0.25, -0.2) is 8.96 Å². The Morgan fingerprint density at radius 3 is 2.55 bits per heavy atom. The number of imidazole rings is 1. The molecule has 0 saturated carbocycles. The lowest BCUT2D eigenvalue weighted by Crippen LogP contribution is -2.30. The van der Waals surface area contributed by atoms with Crippen molar-refractivity contribution in [3.05, 3.63) is 42.2 Å². The van der Waals surface area contributed by atoms with Crippen LogP contribution in [-0.2, 0) is 16.6 Å². The Balaban J connectivity index is 2.44. The Kier molecular flexibility index (Phi) is 5.63. The third-order valence-electron chi connectivity index (χ3n) is 3.04. The van der Waals surface area contributed by atoms with Gasteiger partial charge in [-0.1, -0.05) is 30.0 Å². The topological polar surface area (TPSA) is 81.2 Å². The lowest BCUT2D eigenvalue weighted by atomic mass is 10.2. The summed E-state index contributed by atoms with van der Waals surface area (Å²) in [5.74, 6) is 0. The van der Waals surface area contributed by atoms with E-state index in [1.165, 1.54) is 34.1 Å². The van der Waals surface area contributed by atoms with Crippen LogP contribution in [0.2, 0.25) is 0 Å². The highest BCUT2D eigenvalue weighted by Gasteiger charge is 2.24. The Hall–Kier alpha value is -1.35. The van der Waals surface area contributed by atoms with Gasteiger partial charge >= 0.3 is 10.2 Å². The number of hydrogen-bond donors (Lipinski definition) is 1. The van der Waals surface area contributed by atoms with Crippen LogP contribution < -0.4 is 5.73 Å². The molecule has 2 rings (SSSR count). The molecule has 2 aromatic rings. The summed E-state index contributed by atoms with van der Waals surface area (Å²) < 4.78 is 27.7. The summed E-state index contributed by atoms with van der Waals surface area (Å²) in [6.45, 7) is 0.508. The number of nitrogens with zero attached hydrogens (tertiary/aromatic N) is 3. The first kappa shape index (κ1) is 17.0. The summed E-state index contributed by atoms with van der Waals surface area (Å²) in [5.41, 5.74) is 6.18. The Labute approximate surface area is 135 Å². The summed E-state index contributed by atoms with van der Waals surface area (Å²) >= 11 is 1.33. The molecule has 0 aliphatic heterocycles. The minimum absolute atomic E-state index is 0.437. The zero-order valence-corrected chi connectivity index (χ0v) is 14.3. The molecule has 0 radical (unpaired) electrons. The molecule has 1 heterocycles. The van der Waals surface area contributed by atoms with E-state index in [1.807, 2.05) is 30.3 Å². The summed E-state index contributed by atoms with van der Waals surface area (Å²) in [7, 11) is -0.594. The van der Waals surface area contributed by atoms with E-state index < -0.39 is 10.2 Å². The van der Waals surface area contributed by atoms with Crippen LogP contribution in [0.4, 0.5) is 0 Å². The smallest absolute Gasteiger partial charge is 0.309 e. The molecule has 0 unspecified atom stereocenters. The average molecular weight is 340 g/mol. The summed E-state index contributed by atoms with van der Waals surface area (Å²) in [6.07, 6.45) is 2.90. The molecule has 22 heavy (non-hydrogen) atoms. The van der Waals surface area contributed by atoms with Crippen LogP contribution in [-0.4, -0.2) is 42.3 Å². The van der Waals surface area contributed by atoms with Gasteiger partial charge in [-0.2, -0.15) is 12.7 Å². The lowest BCUT2D eigenvalue weighted by molar-refractivity contribution is 0.503. The number of nitrogens with two attached hydrogens (primary N) is 1. The van der Waals surface area contributed by atoms with Gasteiger partial charge in [0.25, 0.3) is 0 Å². The number of aromatic nitrogens is 2. The predicted molar refractivity (Wildman–Crippen MR) is 88.2 cm³/mol. The molecular weight excluding hydrogens is 320 g/mol. The zero-order chi connectivity index (χ0) is 16.2. The molecule has 8 heteroatoms. The van der Waals surface area contributed by atoms with Gasteiger partial charge in [0.15, 0.2) is 5.16 Å². The largest absolute Gasteiger partial charge is 0.330 e. The standard InChI is InChI=1S/C14H20N4O2S2/c1-17(2)22(19,20)18-12(7-6-10-15)11-16-14(18)21-13-8-4-3-5-9-13/h3-5,8-9,11H,6-7,10,15H2,1-2H3. The fraction of sp³-hybridized carbons (Fsp3) is 0.357. The van der Waals surface area contributed by atoms with Crippen LogP contribution in [0.25, 0.3) is 0 Å². The second kappa shape index (κ2) is 7.28. The zero-order valence-electron chi connectivity index (χ0n) is 12.6. The molecule has 0 spiro atoms. The number of rotatable bonds is 7. The van der Waals surface area contributed by atoms with Gasteiger partial charge in [0.2, 0.25) is 0 Å². The quantitative estimate of drug-likeness (QED) is 0.827. The molecule has 1 aromatic heterocycles. The number of benzene rings is 1. The summed E-state index contributed by atoms with van der Waals surface area (Å²) in [4.78, 5) is 5.23. The average Bonchev–Trinajstić information content (AvgIpc) is 2.89. The molecule has 0 saturated heterocycles. The van der Waals surface area contributed by atoms with Crippen LogP contribution in [0.1, 0.15) is 12.1 Å². The van der Waals surface area contributed by atoms with E-state index in [1.54, 1.807) is 6.20 Å². The Morgan fingerprint density at radius 1 is 1.27 bits per heavy atom. The van der Waals surface area contributed by atoms with Crippen molar-refractivity contribution < 1.29 is 8.42 Å². The van der Waals surface area contributed by atoms with Gasteiger partial charge in [0, 0.05) is 19.0 Å². The molecular formula is C14H20N4O2S2. The van der Waals surface area contributed by atoms with Crippen molar-refractivity contribution in [1.82, 2.24) is 13.3 Å². The van der Waals surface area contributed by atoms with Crippen molar-refractivity contribution >= 4 is 22.0 Å². The molecule has 120 valence electrons. The van der Waals surface area contributed by atoms with Gasteiger partial charge in [0.1, 0.15) is 0 Å². The van der Waals surface area contributed by atoms with E-state index in [-0.39, 0.29) is 0 Å². The van der Waals surface area contributed by atoms with Crippen molar-refractivity contribution in [3.8, 4) is 0 Å². The fourth-order valence-corrected chi connectivity index (χ4v) is 4.09. The van der Waals surface area contributed by atoms with E-state index in [0.717, 1.165) is 4.90 Å². The molecule has 0 fully saturated rings. The number of hydrogen-bond acceptors (Lipinski definition) is 5. The van der Waals surface area contributed by atoms with Gasteiger partial charge < -0.3 is 5.73 Å². The molecule has 0 atom stereocenters. The third-order valence-corrected chi connectivity index (χ3v) is 5.93. The van der Waals surface area contributed by atoms with Gasteiger partial charge in [-0.05, 0) is 31.5 Å². The van der Waals surface area contributed by atoms with Gasteiger partial charge in [-0.15, -0.1) is 0 Å². The first-order chi connectivity index (χ1) is 10.5. The SMILES string of the molecule is CN(C)S(=O)(=O)n1c(CCCN)cnc1Sc1ccccc1. The minimum Gasteiger partial charge on any atom is -0.330 e. The van der Waals surface area contributed by atoms with E-state index in [9.17, 15) is 8.42 Å². The van der Waals surface area contributed by atoms with Crippen LogP contribution >= 0.6 is 11.8 Å². The maximum absolute atomic E-state index is 12.6. The Morgan fingerprint density at radius 2 is 1.95 bits per heavy atom. The van der Waals surface area contributed by atoms with Crippen molar-refractivity contribution in [2.75, 3.05) is 20.6 Å². The monoisotopic (exact) mass is 340 g/mol. The number of aryl methyl sites for hydroxylation is 1. The maximum Gasteiger partial charge on any atom is 0.309 e. The normalized spacial score (nSPS) is 12.0. The van der Waals surface area contributed by atoms with Crippen LogP contribution in [0.15, 0.2) is 46.6 Å². The molecule has 6 nitrogen and oxygen atoms in total. The molecule has 1 aromatic carbocycles. The second-order valence-electron chi connectivity index (χ2n) is 4.89. The molecule has 0 aliphatic rings. The summed E-state index contributed by atoms with van der Waals surface area (Å²) in [5, 5.41) is 0.437. The first-order valence-electron chi connectivity index (χ1n) is 6.89. The highest BCUT2D eigenvalue weighted by molar-refractivity contribution is 7.99. The second-order valence-corrected chi connectivity index (χ2v) is 7.93. The van der Waals surface area contributed by atoms with Crippen molar-refractivity contribution in [2.24, 2.45) is 5.73 Å².